The van der Waals surface area contributed by atoms with Crippen LogP contribution in [-0.4, -0.2) is 41.4 Å². The molecule has 0 saturated heterocycles. The Hall–Kier alpha value is 0.125. The Labute approximate surface area is 60.2 Å². The molecular formula is C3H9B5O. The third-order valence-electron chi connectivity index (χ3n) is 0.800. The van der Waals surface area contributed by atoms with Gasteiger partial charge in [-0.05, 0) is 0 Å². The predicted octanol–water partition coefficient (Wildman–Crippen LogP) is -1.56. The molecule has 0 aromatic rings. The van der Waals surface area contributed by atoms with Crippen LogP contribution in [0.2, 0.25) is 0 Å². The van der Waals surface area contributed by atoms with Crippen LogP contribution in [0.25, 0.3) is 0 Å². The number of rotatable bonds is 4. The van der Waals surface area contributed by atoms with Gasteiger partial charge in [-0.1, -0.05) is 0 Å². The molecule has 0 rings (SSSR count). The van der Waals surface area contributed by atoms with Gasteiger partial charge in [0.1, 0.15) is 0 Å². The summed E-state index contributed by atoms with van der Waals surface area (Å²) in [6, 6.07) is 0. The Morgan fingerprint density at radius 1 is 1.44 bits per heavy atom. The van der Waals surface area contributed by atoms with E-state index in [1.165, 1.54) is 0 Å². The summed E-state index contributed by atoms with van der Waals surface area (Å²) in [6.07, 6.45) is 1.07. The van der Waals surface area contributed by atoms with Crippen LogP contribution in [0.4, 0.5) is 0 Å². The van der Waals surface area contributed by atoms with Crippen molar-refractivity contribution in [1.82, 2.24) is 0 Å². The van der Waals surface area contributed by atoms with Crippen LogP contribution < -0.4 is 0 Å². The van der Waals surface area contributed by atoms with E-state index in [1.807, 2.05) is 27.8 Å². The molecule has 0 aliphatic carbocycles. The first kappa shape index (κ1) is 9.12. The predicted molar refractivity (Wildman–Crippen MR) is 47.8 cm³/mol. The van der Waals surface area contributed by atoms with Crippen LogP contribution >= 0.6 is 0 Å². The van der Waals surface area contributed by atoms with Crippen molar-refractivity contribution >= 4 is 34.8 Å². The fourth-order valence-corrected chi connectivity index (χ4v) is 0.398. The molecule has 0 unspecified atom stereocenters. The average molecular weight is 115 g/mol. The Morgan fingerprint density at radius 2 is 2.22 bits per heavy atom. The van der Waals surface area contributed by atoms with E-state index >= 15 is 0 Å². The van der Waals surface area contributed by atoms with Gasteiger partial charge in [-0.3, -0.25) is 0 Å². The van der Waals surface area contributed by atoms with Crippen LogP contribution in [0.5, 0.6) is 0 Å². The van der Waals surface area contributed by atoms with Crippen LogP contribution in [0, 0.1) is 0 Å². The van der Waals surface area contributed by atoms with Crippen molar-refractivity contribution in [2.75, 3.05) is 6.61 Å². The number of hydrogen-bond acceptors (Lipinski definition) is 1. The molecule has 0 saturated carbocycles. The van der Waals surface area contributed by atoms with Crippen molar-refractivity contribution in [3.05, 3.63) is 0 Å². The van der Waals surface area contributed by atoms with Crippen molar-refractivity contribution in [1.29, 1.82) is 0 Å². The van der Waals surface area contributed by atoms with E-state index in [0.717, 1.165) is 13.0 Å². The summed E-state index contributed by atoms with van der Waals surface area (Å²) in [5.74, 6) is 0. The second-order valence-electron chi connectivity index (χ2n) is 1.73. The van der Waals surface area contributed by atoms with Gasteiger partial charge in [0.15, 0.2) is 0 Å². The van der Waals surface area contributed by atoms with E-state index in [-0.39, 0.29) is 0 Å². The Bertz CT molecular complexity index is 100. The second kappa shape index (κ2) is 8.12. The number of hydrogen-bond donors (Lipinski definition) is 0. The molecule has 0 aromatic heterocycles. The average Bonchev–Trinajstić information content (AvgIpc) is 1.89. The van der Waals surface area contributed by atoms with E-state index in [9.17, 15) is 0 Å². The maximum absolute atomic E-state index is 5.05. The summed E-state index contributed by atoms with van der Waals surface area (Å²) in [4.78, 5) is 0. The zero-order valence-electron chi connectivity index (χ0n) is 6.13. The summed E-state index contributed by atoms with van der Waals surface area (Å²) in [6.45, 7) is 8.69. The Morgan fingerprint density at radius 3 is 2.78 bits per heavy atom. The monoisotopic (exact) mass is 116 g/mol. The van der Waals surface area contributed by atoms with Gasteiger partial charge >= 0.3 is 59.4 Å². The molecule has 0 radical (unpaired) electrons. The first-order valence-electron chi connectivity index (χ1n) is 3.31. The van der Waals surface area contributed by atoms with Crippen molar-refractivity contribution in [3.8, 4) is 0 Å². The topological polar surface area (TPSA) is 9.23 Å². The molecule has 0 fully saturated rings. The summed E-state index contributed by atoms with van der Waals surface area (Å²) < 4.78 is 5.05. The molecule has 0 N–H and O–H groups in total. The third-order valence-corrected chi connectivity index (χ3v) is 0.800. The normalized spacial score (nSPS) is 7.67. The van der Waals surface area contributed by atoms with Crippen LogP contribution in [0.15, 0.2) is 0 Å². The second-order valence-corrected chi connectivity index (χ2v) is 1.73. The molecule has 0 amide bonds. The Kier molecular flexibility index (Phi) is 8.24. The van der Waals surface area contributed by atoms with Crippen LogP contribution in [0.3, 0.4) is 0 Å². The minimum atomic E-state index is 0.814. The van der Waals surface area contributed by atoms with E-state index in [4.69, 9.17) is 4.65 Å². The van der Waals surface area contributed by atoms with Gasteiger partial charge < -0.3 is 0 Å². The molecule has 9 heavy (non-hydrogen) atoms. The van der Waals surface area contributed by atoms with Crippen molar-refractivity contribution < 1.29 is 4.65 Å². The van der Waals surface area contributed by atoms with Gasteiger partial charge in [0.05, 0.1) is 0 Å². The van der Waals surface area contributed by atoms with E-state index < -0.39 is 0 Å². The van der Waals surface area contributed by atoms with Gasteiger partial charge in [0.2, 0.25) is 0 Å². The molecule has 0 aliphatic rings. The zero-order chi connectivity index (χ0) is 6.95. The summed E-state index contributed by atoms with van der Waals surface area (Å²) in [5.41, 5.74) is 0. The fourth-order valence-electron chi connectivity index (χ4n) is 0.398. The molecule has 0 bridgehead atoms. The Balaban J connectivity index is 3.04. The van der Waals surface area contributed by atoms with Gasteiger partial charge in [-0.15, -0.1) is 0 Å². The molecule has 0 aromatic carbocycles. The van der Waals surface area contributed by atoms with Crippen LogP contribution in [0.1, 0.15) is 13.3 Å². The van der Waals surface area contributed by atoms with Crippen molar-refractivity contribution in [2.45, 2.75) is 13.3 Å². The van der Waals surface area contributed by atoms with E-state index in [0.29, 0.717) is 0 Å². The molecule has 0 spiro atoms. The summed E-state index contributed by atoms with van der Waals surface area (Å²) >= 11 is 0. The van der Waals surface area contributed by atoms with Gasteiger partial charge in [0.25, 0.3) is 0 Å². The van der Waals surface area contributed by atoms with Gasteiger partial charge in [-0.2, -0.15) is 0 Å². The molecule has 0 heterocycles. The molecule has 0 atom stereocenters. The van der Waals surface area contributed by atoms with E-state index in [2.05, 4.69) is 6.92 Å². The van der Waals surface area contributed by atoms with E-state index in [1.54, 1.807) is 7.00 Å². The standard InChI is InChI=1S/C3H9B5O/c1-2-3-9-8-7-6-5-4/h2-4H2,1H3. The molecule has 0 aliphatic heterocycles. The quantitative estimate of drug-likeness (QED) is 0.318. The fraction of sp³-hybridized carbons (Fsp3) is 1.00. The maximum atomic E-state index is 5.05. The first-order valence-corrected chi connectivity index (χ1v) is 3.31. The van der Waals surface area contributed by atoms with Crippen molar-refractivity contribution in [3.63, 3.8) is 0 Å². The molecule has 6 heteroatoms. The molecular weight excluding hydrogens is 106 g/mol. The SMILES string of the molecule is BB=BB=BOCCC. The summed E-state index contributed by atoms with van der Waals surface area (Å²) in [5, 5.41) is 0. The zero-order valence-corrected chi connectivity index (χ0v) is 6.13. The molecule has 42 valence electrons. The van der Waals surface area contributed by atoms with Gasteiger partial charge in [0, 0.05) is 0 Å². The third kappa shape index (κ3) is 8.12. The minimum absolute atomic E-state index is 0.814. The van der Waals surface area contributed by atoms with Gasteiger partial charge in [-0.25, -0.2) is 0 Å². The van der Waals surface area contributed by atoms with Crippen LogP contribution in [-0.2, 0) is 4.65 Å². The first-order chi connectivity index (χ1) is 4.41. The summed E-state index contributed by atoms with van der Waals surface area (Å²) in [7, 11) is 3.69. The van der Waals surface area contributed by atoms with Crippen molar-refractivity contribution in [2.24, 2.45) is 0 Å². The molecule has 1 nitrogen and oxygen atoms in total.